The summed E-state index contributed by atoms with van der Waals surface area (Å²) in [6.07, 6.45) is 0.714. The van der Waals surface area contributed by atoms with Gasteiger partial charge in [0.1, 0.15) is 0 Å². The molecular weight excluding hydrogens is 394 g/mol. The number of thiazole rings is 1. The summed E-state index contributed by atoms with van der Waals surface area (Å²) in [5, 5.41) is 4.32. The number of anilines is 1. The molecule has 0 atom stereocenters. The fourth-order valence-corrected chi connectivity index (χ4v) is 3.50. The zero-order valence-corrected chi connectivity index (χ0v) is 17.2. The van der Waals surface area contributed by atoms with Crippen LogP contribution in [0, 0.1) is 5.92 Å². The van der Waals surface area contributed by atoms with Crippen LogP contribution in [0.3, 0.4) is 0 Å². The maximum Gasteiger partial charge on any atom is 0.357 e. The molecule has 0 aliphatic carbocycles. The number of benzene rings is 1. The Kier molecular flexibility index (Phi) is 6.07. The van der Waals surface area contributed by atoms with Gasteiger partial charge in [-0.25, -0.2) is 9.78 Å². The Bertz CT molecular complexity index is 982. The van der Waals surface area contributed by atoms with Crippen LogP contribution in [0.2, 0.25) is 0 Å². The lowest BCUT2D eigenvalue weighted by Gasteiger charge is -2.14. The Morgan fingerprint density at radius 1 is 1.21 bits per heavy atom. The molecule has 3 rings (SSSR count). The molecular formula is C20H21N3O5S. The first-order valence-electron chi connectivity index (χ1n) is 9.26. The standard InChI is InChI=1S/C20H21N3O5S/c1-4-28-19(27)15-10-29-20(21-15)22-16(24)12-5-6-13-14(9-12)18(26)23(17(13)25)8-7-11(2)3/h5-6,9-11H,4,7-8H2,1-3H3,(H,21,22,24). The van der Waals surface area contributed by atoms with Crippen LogP contribution in [-0.2, 0) is 4.74 Å². The molecule has 0 unspecified atom stereocenters. The van der Waals surface area contributed by atoms with E-state index in [4.69, 9.17) is 4.74 Å². The summed E-state index contributed by atoms with van der Waals surface area (Å²) in [4.78, 5) is 54.5. The fourth-order valence-electron chi connectivity index (χ4n) is 2.82. The second-order valence-electron chi connectivity index (χ2n) is 6.92. The van der Waals surface area contributed by atoms with E-state index in [1.807, 2.05) is 13.8 Å². The number of carbonyl (C=O) groups excluding carboxylic acids is 4. The minimum atomic E-state index is -0.563. The van der Waals surface area contributed by atoms with Crippen LogP contribution in [0.5, 0.6) is 0 Å². The number of amides is 3. The van der Waals surface area contributed by atoms with Crippen molar-refractivity contribution in [3.63, 3.8) is 0 Å². The summed E-state index contributed by atoms with van der Waals surface area (Å²) in [7, 11) is 0. The number of imide groups is 1. The van der Waals surface area contributed by atoms with E-state index in [1.54, 1.807) is 6.92 Å². The van der Waals surface area contributed by atoms with Gasteiger partial charge in [-0.05, 0) is 37.5 Å². The first kappa shape index (κ1) is 20.7. The summed E-state index contributed by atoms with van der Waals surface area (Å²) in [5.74, 6) is -1.42. The Labute approximate surface area is 171 Å². The monoisotopic (exact) mass is 415 g/mol. The van der Waals surface area contributed by atoms with Gasteiger partial charge in [-0.2, -0.15) is 0 Å². The largest absolute Gasteiger partial charge is 0.461 e. The Morgan fingerprint density at radius 2 is 1.93 bits per heavy atom. The van der Waals surface area contributed by atoms with E-state index in [2.05, 4.69) is 10.3 Å². The lowest BCUT2D eigenvalue weighted by molar-refractivity contribution is 0.0519. The van der Waals surface area contributed by atoms with Gasteiger partial charge in [-0.3, -0.25) is 24.6 Å². The maximum absolute atomic E-state index is 12.6. The molecule has 3 amide bonds. The van der Waals surface area contributed by atoms with Crippen molar-refractivity contribution >= 4 is 40.2 Å². The Hall–Kier alpha value is -3.07. The van der Waals surface area contributed by atoms with E-state index in [0.717, 1.165) is 11.3 Å². The van der Waals surface area contributed by atoms with Crippen LogP contribution < -0.4 is 5.32 Å². The number of carbonyl (C=O) groups is 4. The van der Waals surface area contributed by atoms with Crippen LogP contribution >= 0.6 is 11.3 Å². The van der Waals surface area contributed by atoms with Crippen LogP contribution in [0.4, 0.5) is 5.13 Å². The van der Waals surface area contributed by atoms with Crippen LogP contribution in [0.25, 0.3) is 0 Å². The molecule has 1 aromatic carbocycles. The smallest absolute Gasteiger partial charge is 0.357 e. The first-order chi connectivity index (χ1) is 13.8. The third-order valence-corrected chi connectivity index (χ3v) is 5.13. The minimum Gasteiger partial charge on any atom is -0.461 e. The van der Waals surface area contributed by atoms with Gasteiger partial charge in [0.2, 0.25) is 0 Å². The second kappa shape index (κ2) is 8.52. The van der Waals surface area contributed by atoms with Crippen molar-refractivity contribution in [2.75, 3.05) is 18.5 Å². The number of rotatable bonds is 7. The van der Waals surface area contributed by atoms with Gasteiger partial charge in [0.25, 0.3) is 17.7 Å². The number of nitrogens with zero attached hydrogens (tertiary/aromatic N) is 2. The molecule has 1 aliphatic rings. The lowest BCUT2D eigenvalue weighted by atomic mass is 10.1. The highest BCUT2D eigenvalue weighted by atomic mass is 32.1. The molecule has 0 bridgehead atoms. The number of nitrogens with one attached hydrogen (secondary N) is 1. The molecule has 1 aromatic heterocycles. The molecule has 0 spiro atoms. The molecule has 29 heavy (non-hydrogen) atoms. The Morgan fingerprint density at radius 3 is 2.62 bits per heavy atom. The molecule has 2 heterocycles. The molecule has 2 aromatic rings. The van der Waals surface area contributed by atoms with Gasteiger partial charge in [-0.1, -0.05) is 13.8 Å². The molecule has 0 saturated carbocycles. The summed E-state index contributed by atoms with van der Waals surface area (Å²) >= 11 is 1.09. The molecule has 152 valence electrons. The van der Waals surface area contributed by atoms with Crippen molar-refractivity contribution in [3.05, 3.63) is 46.0 Å². The van der Waals surface area contributed by atoms with Crippen molar-refractivity contribution in [2.45, 2.75) is 27.2 Å². The van der Waals surface area contributed by atoms with E-state index in [0.29, 0.717) is 24.4 Å². The lowest BCUT2D eigenvalue weighted by Crippen LogP contribution is -2.31. The molecule has 8 nitrogen and oxygen atoms in total. The normalized spacial score (nSPS) is 13.0. The molecule has 9 heteroatoms. The van der Waals surface area contributed by atoms with Gasteiger partial charge >= 0.3 is 5.97 Å². The van der Waals surface area contributed by atoms with Gasteiger partial charge in [-0.15, -0.1) is 11.3 Å². The predicted molar refractivity (Wildman–Crippen MR) is 107 cm³/mol. The van der Waals surface area contributed by atoms with Gasteiger partial charge in [0.05, 0.1) is 17.7 Å². The SMILES string of the molecule is CCOC(=O)c1csc(NC(=O)c2ccc3c(c2)C(=O)N(CCC(C)C)C3=O)n1. The second-order valence-corrected chi connectivity index (χ2v) is 7.78. The summed E-state index contributed by atoms with van der Waals surface area (Å²) in [6, 6.07) is 4.40. The molecule has 1 aliphatic heterocycles. The zero-order chi connectivity index (χ0) is 21.1. The number of esters is 1. The van der Waals surface area contributed by atoms with Gasteiger partial charge < -0.3 is 4.74 Å². The van der Waals surface area contributed by atoms with E-state index < -0.39 is 11.9 Å². The first-order valence-corrected chi connectivity index (χ1v) is 10.1. The van der Waals surface area contributed by atoms with Crippen molar-refractivity contribution < 1.29 is 23.9 Å². The van der Waals surface area contributed by atoms with Gasteiger partial charge in [0.15, 0.2) is 10.8 Å². The number of hydrogen-bond acceptors (Lipinski definition) is 7. The van der Waals surface area contributed by atoms with Crippen molar-refractivity contribution in [2.24, 2.45) is 5.92 Å². The quantitative estimate of drug-likeness (QED) is 0.550. The van der Waals surface area contributed by atoms with Crippen molar-refractivity contribution in [3.8, 4) is 0 Å². The van der Waals surface area contributed by atoms with E-state index in [1.165, 1.54) is 28.5 Å². The van der Waals surface area contributed by atoms with E-state index >= 15 is 0 Å². The predicted octanol–water partition coefficient (Wildman–Crippen LogP) is 3.21. The minimum absolute atomic E-state index is 0.114. The third-order valence-electron chi connectivity index (χ3n) is 4.37. The highest BCUT2D eigenvalue weighted by Crippen LogP contribution is 2.25. The van der Waals surface area contributed by atoms with Crippen LogP contribution in [-0.4, -0.2) is 46.7 Å². The number of ether oxygens (including phenoxy) is 1. The summed E-state index contributed by atoms with van der Waals surface area (Å²) < 4.78 is 4.87. The third kappa shape index (κ3) is 4.34. The van der Waals surface area contributed by atoms with Gasteiger partial charge in [0, 0.05) is 17.5 Å². The highest BCUT2D eigenvalue weighted by Gasteiger charge is 2.35. The maximum atomic E-state index is 12.6. The molecule has 1 N–H and O–H groups in total. The fraction of sp³-hybridized carbons (Fsp3) is 0.350. The summed E-state index contributed by atoms with van der Waals surface area (Å²) in [5.41, 5.74) is 0.859. The van der Waals surface area contributed by atoms with Crippen molar-refractivity contribution in [1.82, 2.24) is 9.88 Å². The topological polar surface area (TPSA) is 106 Å². The number of fused-ring (bicyclic) bond motifs is 1. The average molecular weight is 415 g/mol. The Balaban J connectivity index is 1.74. The highest BCUT2D eigenvalue weighted by molar-refractivity contribution is 7.14. The summed E-state index contributed by atoms with van der Waals surface area (Å²) in [6.45, 7) is 6.31. The van der Waals surface area contributed by atoms with E-state index in [-0.39, 0.29) is 40.4 Å². The van der Waals surface area contributed by atoms with Crippen molar-refractivity contribution in [1.29, 1.82) is 0 Å². The molecule has 0 saturated heterocycles. The number of aromatic nitrogens is 1. The molecule has 0 radical (unpaired) electrons. The van der Waals surface area contributed by atoms with E-state index in [9.17, 15) is 19.2 Å². The van der Waals surface area contributed by atoms with Crippen LogP contribution in [0.15, 0.2) is 23.6 Å². The zero-order valence-electron chi connectivity index (χ0n) is 16.4. The molecule has 0 fully saturated rings. The average Bonchev–Trinajstić information content (AvgIpc) is 3.24. The van der Waals surface area contributed by atoms with Crippen LogP contribution in [0.1, 0.15) is 68.8 Å². The number of hydrogen-bond donors (Lipinski definition) is 1.